The van der Waals surface area contributed by atoms with Crippen LogP contribution in [0.5, 0.6) is 5.75 Å². The van der Waals surface area contributed by atoms with Crippen LogP contribution in [0, 0.1) is 11.3 Å². The van der Waals surface area contributed by atoms with Crippen LogP contribution in [0.15, 0.2) is 66.9 Å². The van der Waals surface area contributed by atoms with Crippen molar-refractivity contribution in [2.24, 2.45) is 0 Å². The van der Waals surface area contributed by atoms with Gasteiger partial charge in [0.25, 0.3) is 5.91 Å². The number of carbonyl (C=O) groups is 1. The average Bonchev–Trinajstić information content (AvgIpc) is 2.70. The maximum Gasteiger partial charge on any atom is 0.255 e. The predicted molar refractivity (Wildman–Crippen MR) is 104 cm³/mol. The molecule has 2 N–H and O–H groups in total. The van der Waals surface area contributed by atoms with Crippen molar-refractivity contribution in [2.75, 3.05) is 17.2 Å². The number of rotatable bonds is 6. The largest absolute Gasteiger partial charge is 0.494 e. The fourth-order valence-corrected chi connectivity index (χ4v) is 2.46. The first-order valence-electron chi connectivity index (χ1n) is 8.45. The van der Waals surface area contributed by atoms with Gasteiger partial charge in [-0.05, 0) is 61.5 Å². The highest BCUT2D eigenvalue weighted by Crippen LogP contribution is 2.20. The number of aromatic nitrogens is 1. The summed E-state index contributed by atoms with van der Waals surface area (Å²) in [4.78, 5) is 16.7. The summed E-state index contributed by atoms with van der Waals surface area (Å²) < 4.78 is 5.42. The van der Waals surface area contributed by atoms with Gasteiger partial charge in [-0.15, -0.1) is 0 Å². The van der Waals surface area contributed by atoms with Gasteiger partial charge in [-0.25, -0.2) is 4.98 Å². The molecule has 1 amide bonds. The molecule has 0 atom stereocenters. The number of amides is 1. The highest BCUT2D eigenvalue weighted by Gasteiger charge is 2.08. The molecule has 0 spiro atoms. The van der Waals surface area contributed by atoms with E-state index >= 15 is 0 Å². The van der Waals surface area contributed by atoms with Crippen LogP contribution in [-0.2, 0) is 0 Å². The average molecular weight is 358 g/mol. The summed E-state index contributed by atoms with van der Waals surface area (Å²) in [6.45, 7) is 2.55. The van der Waals surface area contributed by atoms with Gasteiger partial charge in [0, 0.05) is 23.1 Å². The van der Waals surface area contributed by atoms with Crippen LogP contribution < -0.4 is 15.4 Å². The third kappa shape index (κ3) is 4.83. The molecular formula is C21H18N4O2. The Bertz CT molecular complexity index is 978. The number of nitrogens with zero attached hydrogens (tertiary/aromatic N) is 2. The summed E-state index contributed by atoms with van der Waals surface area (Å²) in [6.07, 6.45) is 1.57. The third-order valence-electron chi connectivity index (χ3n) is 3.71. The lowest BCUT2D eigenvalue weighted by Gasteiger charge is -2.09. The molecule has 0 aliphatic rings. The molecule has 0 radical (unpaired) electrons. The molecule has 1 aromatic heterocycles. The Morgan fingerprint density at radius 2 is 1.93 bits per heavy atom. The number of hydrogen-bond acceptors (Lipinski definition) is 5. The van der Waals surface area contributed by atoms with E-state index in [0.29, 0.717) is 29.2 Å². The zero-order chi connectivity index (χ0) is 19.1. The number of nitrogens with one attached hydrogen (secondary N) is 2. The van der Waals surface area contributed by atoms with E-state index in [-0.39, 0.29) is 5.91 Å². The Hall–Kier alpha value is -3.85. The van der Waals surface area contributed by atoms with Crippen molar-refractivity contribution in [1.82, 2.24) is 4.98 Å². The summed E-state index contributed by atoms with van der Waals surface area (Å²) >= 11 is 0. The van der Waals surface area contributed by atoms with Crippen molar-refractivity contribution in [3.05, 3.63) is 78.0 Å². The quantitative estimate of drug-likeness (QED) is 0.684. The van der Waals surface area contributed by atoms with Crippen molar-refractivity contribution in [3.63, 3.8) is 0 Å². The summed E-state index contributed by atoms with van der Waals surface area (Å²) in [5.41, 5.74) is 2.35. The molecule has 0 saturated carbocycles. The monoisotopic (exact) mass is 358 g/mol. The number of pyridine rings is 1. The molecular weight excluding hydrogens is 340 g/mol. The lowest BCUT2D eigenvalue weighted by atomic mass is 10.2. The predicted octanol–water partition coefficient (Wildman–Crippen LogP) is 4.35. The fourth-order valence-electron chi connectivity index (χ4n) is 2.46. The van der Waals surface area contributed by atoms with Crippen LogP contribution in [0.25, 0.3) is 0 Å². The third-order valence-corrected chi connectivity index (χ3v) is 3.71. The standard InChI is InChI=1S/C21H18N4O2/c1-2-27-19-8-6-17(7-9-19)24-20-13-16(10-11-23-20)21(26)25-18-5-3-4-15(12-18)14-22/h3-13H,2H2,1H3,(H,23,24)(H,25,26). The minimum atomic E-state index is -0.276. The van der Waals surface area contributed by atoms with Crippen LogP contribution in [0.1, 0.15) is 22.8 Å². The molecule has 0 bridgehead atoms. The maximum absolute atomic E-state index is 12.5. The van der Waals surface area contributed by atoms with Gasteiger partial charge in [-0.2, -0.15) is 5.26 Å². The first-order valence-corrected chi connectivity index (χ1v) is 8.45. The van der Waals surface area contributed by atoms with Crippen molar-refractivity contribution in [2.45, 2.75) is 6.92 Å². The molecule has 6 nitrogen and oxygen atoms in total. The molecule has 3 aromatic rings. The van der Waals surface area contributed by atoms with E-state index in [1.807, 2.05) is 37.3 Å². The lowest BCUT2D eigenvalue weighted by Crippen LogP contribution is -2.12. The van der Waals surface area contributed by atoms with Gasteiger partial charge in [0.15, 0.2) is 0 Å². The molecule has 0 aliphatic heterocycles. The zero-order valence-electron chi connectivity index (χ0n) is 14.8. The molecule has 134 valence electrons. The molecule has 6 heteroatoms. The van der Waals surface area contributed by atoms with Crippen LogP contribution in [0.3, 0.4) is 0 Å². The molecule has 0 unspecified atom stereocenters. The molecule has 3 rings (SSSR count). The Labute approximate surface area is 157 Å². The van der Waals surface area contributed by atoms with E-state index in [2.05, 4.69) is 15.6 Å². The Morgan fingerprint density at radius 3 is 2.67 bits per heavy atom. The minimum Gasteiger partial charge on any atom is -0.494 e. The maximum atomic E-state index is 12.5. The van der Waals surface area contributed by atoms with E-state index in [9.17, 15) is 4.79 Å². The number of nitriles is 1. The molecule has 1 heterocycles. The van der Waals surface area contributed by atoms with Gasteiger partial charge in [0.05, 0.1) is 18.2 Å². The van der Waals surface area contributed by atoms with Crippen LogP contribution >= 0.6 is 0 Å². The molecule has 2 aromatic carbocycles. The molecule has 0 aliphatic carbocycles. The number of benzene rings is 2. The summed E-state index contributed by atoms with van der Waals surface area (Å²) in [5.74, 6) is 1.07. The Kier molecular flexibility index (Phi) is 5.65. The first kappa shape index (κ1) is 18.0. The fraction of sp³-hybridized carbons (Fsp3) is 0.0952. The van der Waals surface area contributed by atoms with Crippen LogP contribution in [-0.4, -0.2) is 17.5 Å². The van der Waals surface area contributed by atoms with Gasteiger partial charge in [-0.3, -0.25) is 4.79 Å². The van der Waals surface area contributed by atoms with E-state index in [4.69, 9.17) is 10.00 Å². The van der Waals surface area contributed by atoms with Gasteiger partial charge < -0.3 is 15.4 Å². The summed E-state index contributed by atoms with van der Waals surface area (Å²) in [5, 5.41) is 14.9. The lowest BCUT2D eigenvalue weighted by molar-refractivity contribution is 0.102. The number of anilines is 3. The Morgan fingerprint density at radius 1 is 1.11 bits per heavy atom. The van der Waals surface area contributed by atoms with Gasteiger partial charge in [-0.1, -0.05) is 6.07 Å². The summed E-state index contributed by atoms with van der Waals surface area (Å²) in [7, 11) is 0. The minimum absolute atomic E-state index is 0.276. The zero-order valence-corrected chi connectivity index (χ0v) is 14.8. The number of ether oxygens (including phenoxy) is 1. The van der Waals surface area contributed by atoms with Crippen LogP contribution in [0.4, 0.5) is 17.2 Å². The van der Waals surface area contributed by atoms with Gasteiger partial charge >= 0.3 is 0 Å². The van der Waals surface area contributed by atoms with E-state index in [1.165, 1.54) is 0 Å². The topological polar surface area (TPSA) is 87.0 Å². The Balaban J connectivity index is 1.70. The smallest absolute Gasteiger partial charge is 0.255 e. The molecule has 0 saturated heterocycles. The summed E-state index contributed by atoms with van der Waals surface area (Å²) in [6, 6.07) is 19.6. The number of hydrogen-bond donors (Lipinski definition) is 2. The second kappa shape index (κ2) is 8.50. The highest BCUT2D eigenvalue weighted by atomic mass is 16.5. The van der Waals surface area contributed by atoms with Crippen molar-refractivity contribution >= 4 is 23.1 Å². The molecule has 0 fully saturated rings. The van der Waals surface area contributed by atoms with E-state index in [0.717, 1.165) is 11.4 Å². The SMILES string of the molecule is CCOc1ccc(Nc2cc(C(=O)Nc3cccc(C#N)c3)ccn2)cc1. The van der Waals surface area contributed by atoms with Crippen molar-refractivity contribution in [3.8, 4) is 11.8 Å². The normalized spacial score (nSPS) is 9.93. The number of carbonyl (C=O) groups excluding carboxylic acids is 1. The van der Waals surface area contributed by atoms with Crippen LogP contribution in [0.2, 0.25) is 0 Å². The van der Waals surface area contributed by atoms with E-state index in [1.54, 1.807) is 42.6 Å². The van der Waals surface area contributed by atoms with Gasteiger partial charge in [0.1, 0.15) is 11.6 Å². The van der Waals surface area contributed by atoms with Gasteiger partial charge in [0.2, 0.25) is 0 Å². The van der Waals surface area contributed by atoms with E-state index < -0.39 is 0 Å². The highest BCUT2D eigenvalue weighted by molar-refractivity contribution is 6.04. The van der Waals surface area contributed by atoms with Crippen molar-refractivity contribution < 1.29 is 9.53 Å². The second-order valence-electron chi connectivity index (χ2n) is 5.66. The second-order valence-corrected chi connectivity index (χ2v) is 5.66. The van der Waals surface area contributed by atoms with Crippen molar-refractivity contribution in [1.29, 1.82) is 5.26 Å². The molecule has 27 heavy (non-hydrogen) atoms. The first-order chi connectivity index (χ1) is 13.2.